The Kier molecular flexibility index (Phi) is 5.44. The zero-order valence-electron chi connectivity index (χ0n) is 10.1. The summed E-state index contributed by atoms with van der Waals surface area (Å²) in [4.78, 5) is 24.3. The van der Waals surface area contributed by atoms with Crippen LogP contribution in [0.1, 0.15) is 12.5 Å². The minimum absolute atomic E-state index is 0.382. The molecule has 0 radical (unpaired) electrons. The van der Waals surface area contributed by atoms with Crippen molar-refractivity contribution in [2.24, 2.45) is 0 Å². The van der Waals surface area contributed by atoms with Crippen LogP contribution in [0.4, 0.5) is 4.79 Å². The molecular weight excluding hydrogens is 275 g/mol. The van der Waals surface area contributed by atoms with E-state index >= 15 is 0 Å². The molecule has 1 N–H and O–H groups in total. The highest BCUT2D eigenvalue weighted by Gasteiger charge is 2.16. The van der Waals surface area contributed by atoms with Gasteiger partial charge in [-0.1, -0.05) is 23.7 Å². The van der Waals surface area contributed by atoms with Crippen LogP contribution >= 0.6 is 23.2 Å². The van der Waals surface area contributed by atoms with Crippen molar-refractivity contribution in [2.75, 3.05) is 7.05 Å². The summed E-state index contributed by atoms with van der Waals surface area (Å²) in [6, 6.07) is 6.64. The van der Waals surface area contributed by atoms with Crippen LogP contribution in [-0.2, 0) is 11.3 Å². The average Bonchev–Trinajstić information content (AvgIpc) is 2.31. The monoisotopic (exact) mass is 288 g/mol. The topological polar surface area (TPSA) is 49.4 Å². The van der Waals surface area contributed by atoms with Crippen molar-refractivity contribution in [2.45, 2.75) is 18.8 Å². The van der Waals surface area contributed by atoms with Gasteiger partial charge in [-0.2, -0.15) is 0 Å². The quantitative estimate of drug-likeness (QED) is 0.870. The lowest BCUT2D eigenvalue weighted by atomic mass is 10.2. The van der Waals surface area contributed by atoms with E-state index in [9.17, 15) is 9.59 Å². The highest BCUT2D eigenvalue weighted by atomic mass is 35.5. The van der Waals surface area contributed by atoms with E-state index in [1.165, 1.54) is 11.8 Å². The standard InChI is InChI=1S/C12H14Cl2N2O2/c1-8(13)11(17)15-12(18)16(2)7-9-3-5-10(14)6-4-9/h3-6,8H,7H2,1-2H3,(H,15,17,18). The summed E-state index contributed by atoms with van der Waals surface area (Å²) in [7, 11) is 1.59. The van der Waals surface area contributed by atoms with Gasteiger partial charge in [0.2, 0.25) is 5.91 Å². The van der Waals surface area contributed by atoms with Gasteiger partial charge in [0.25, 0.3) is 0 Å². The maximum absolute atomic E-state index is 11.6. The second-order valence-corrected chi connectivity index (χ2v) is 4.98. The number of nitrogens with one attached hydrogen (secondary N) is 1. The number of carbonyl (C=O) groups is 2. The smallest absolute Gasteiger partial charge is 0.323 e. The van der Waals surface area contributed by atoms with E-state index in [1.54, 1.807) is 19.2 Å². The third kappa shape index (κ3) is 4.55. The predicted octanol–water partition coefficient (Wildman–Crippen LogP) is 2.64. The number of imide groups is 1. The minimum atomic E-state index is -0.738. The molecule has 1 rings (SSSR count). The maximum Gasteiger partial charge on any atom is 0.324 e. The second-order valence-electron chi connectivity index (χ2n) is 3.89. The van der Waals surface area contributed by atoms with E-state index in [1.807, 2.05) is 12.1 Å². The highest BCUT2D eigenvalue weighted by molar-refractivity contribution is 6.31. The summed E-state index contributed by atoms with van der Waals surface area (Å²) in [5.41, 5.74) is 0.920. The third-order valence-corrected chi connectivity index (χ3v) is 2.72. The summed E-state index contributed by atoms with van der Waals surface area (Å²) in [5.74, 6) is -0.510. The zero-order chi connectivity index (χ0) is 13.7. The molecule has 0 aliphatic heterocycles. The molecule has 0 aliphatic rings. The van der Waals surface area contributed by atoms with E-state index in [0.29, 0.717) is 11.6 Å². The number of urea groups is 1. The molecule has 0 saturated carbocycles. The first kappa shape index (κ1) is 14.8. The SMILES string of the molecule is CC(Cl)C(=O)NC(=O)N(C)Cc1ccc(Cl)cc1. The van der Waals surface area contributed by atoms with E-state index in [4.69, 9.17) is 23.2 Å². The molecule has 0 bridgehead atoms. The molecule has 0 aromatic heterocycles. The molecule has 4 nitrogen and oxygen atoms in total. The Hall–Kier alpha value is -1.26. The summed E-state index contributed by atoms with van der Waals surface area (Å²) in [5, 5.41) is 2.10. The first-order valence-corrected chi connectivity index (χ1v) is 6.16. The molecule has 1 aromatic rings. The fourth-order valence-corrected chi connectivity index (χ4v) is 1.42. The molecule has 6 heteroatoms. The molecule has 0 heterocycles. The Morgan fingerprint density at radius 3 is 2.39 bits per heavy atom. The van der Waals surface area contributed by atoms with Crippen LogP contribution in [0.25, 0.3) is 0 Å². The Morgan fingerprint density at radius 1 is 1.33 bits per heavy atom. The maximum atomic E-state index is 11.6. The van der Waals surface area contributed by atoms with Crippen LogP contribution in [0.3, 0.4) is 0 Å². The van der Waals surface area contributed by atoms with Gasteiger partial charge in [-0.25, -0.2) is 4.79 Å². The Balaban J connectivity index is 2.54. The normalized spacial score (nSPS) is 11.8. The van der Waals surface area contributed by atoms with Gasteiger partial charge in [-0.15, -0.1) is 11.6 Å². The predicted molar refractivity (Wildman–Crippen MR) is 71.8 cm³/mol. The third-order valence-electron chi connectivity index (χ3n) is 2.27. The molecule has 1 atom stereocenters. The van der Waals surface area contributed by atoms with Crippen LogP contribution in [0.5, 0.6) is 0 Å². The summed E-state index contributed by atoms with van der Waals surface area (Å²) < 4.78 is 0. The Bertz CT molecular complexity index is 432. The lowest BCUT2D eigenvalue weighted by molar-refractivity contribution is -0.119. The molecule has 98 valence electrons. The molecule has 0 fully saturated rings. The fraction of sp³-hybridized carbons (Fsp3) is 0.333. The summed E-state index contributed by atoms with van der Waals surface area (Å²) in [6.45, 7) is 1.89. The fourth-order valence-electron chi connectivity index (χ4n) is 1.24. The lowest BCUT2D eigenvalue weighted by Gasteiger charge is -2.17. The minimum Gasteiger partial charge on any atom is -0.323 e. The lowest BCUT2D eigenvalue weighted by Crippen LogP contribution is -2.42. The molecule has 3 amide bonds. The van der Waals surface area contributed by atoms with E-state index in [0.717, 1.165) is 5.56 Å². The van der Waals surface area contributed by atoms with Gasteiger partial charge in [0.05, 0.1) is 0 Å². The van der Waals surface area contributed by atoms with Gasteiger partial charge in [-0.05, 0) is 24.6 Å². The van der Waals surface area contributed by atoms with Crippen LogP contribution in [-0.4, -0.2) is 29.3 Å². The van der Waals surface area contributed by atoms with E-state index < -0.39 is 17.3 Å². The number of amides is 3. The van der Waals surface area contributed by atoms with Crippen LogP contribution in [0, 0.1) is 0 Å². The van der Waals surface area contributed by atoms with Crippen LogP contribution in [0.15, 0.2) is 24.3 Å². The highest BCUT2D eigenvalue weighted by Crippen LogP contribution is 2.10. The van der Waals surface area contributed by atoms with Crippen molar-refractivity contribution in [3.05, 3.63) is 34.9 Å². The number of hydrogen-bond donors (Lipinski definition) is 1. The van der Waals surface area contributed by atoms with Crippen molar-refractivity contribution in [1.82, 2.24) is 10.2 Å². The average molecular weight is 289 g/mol. The van der Waals surface area contributed by atoms with Crippen molar-refractivity contribution >= 4 is 35.1 Å². The van der Waals surface area contributed by atoms with Crippen LogP contribution < -0.4 is 5.32 Å². The molecular formula is C12H14Cl2N2O2. The van der Waals surface area contributed by atoms with E-state index in [2.05, 4.69) is 5.32 Å². The van der Waals surface area contributed by atoms with Crippen molar-refractivity contribution in [1.29, 1.82) is 0 Å². The first-order valence-electron chi connectivity index (χ1n) is 5.34. The van der Waals surface area contributed by atoms with Crippen molar-refractivity contribution in [3.63, 3.8) is 0 Å². The van der Waals surface area contributed by atoms with Gasteiger partial charge in [0, 0.05) is 18.6 Å². The molecule has 0 saturated heterocycles. The zero-order valence-corrected chi connectivity index (χ0v) is 11.6. The number of hydrogen-bond acceptors (Lipinski definition) is 2. The van der Waals surface area contributed by atoms with Crippen molar-refractivity contribution < 1.29 is 9.59 Å². The number of benzene rings is 1. The summed E-state index contributed by atoms with van der Waals surface area (Å²) in [6.07, 6.45) is 0. The molecule has 1 unspecified atom stereocenters. The number of halogens is 2. The van der Waals surface area contributed by atoms with E-state index in [-0.39, 0.29) is 0 Å². The van der Waals surface area contributed by atoms with Gasteiger partial charge >= 0.3 is 6.03 Å². The number of carbonyl (C=O) groups excluding carboxylic acids is 2. The second kappa shape index (κ2) is 6.61. The van der Waals surface area contributed by atoms with Crippen LogP contribution in [0.2, 0.25) is 5.02 Å². The molecule has 0 aliphatic carbocycles. The first-order chi connectivity index (χ1) is 8.40. The molecule has 0 spiro atoms. The summed E-state index contributed by atoms with van der Waals surface area (Å²) >= 11 is 11.3. The van der Waals surface area contributed by atoms with Gasteiger partial charge in [0.1, 0.15) is 5.38 Å². The van der Waals surface area contributed by atoms with Crippen molar-refractivity contribution in [3.8, 4) is 0 Å². The van der Waals surface area contributed by atoms with Gasteiger partial charge in [-0.3, -0.25) is 10.1 Å². The van der Waals surface area contributed by atoms with Gasteiger partial charge in [0.15, 0.2) is 0 Å². The molecule has 18 heavy (non-hydrogen) atoms. The van der Waals surface area contributed by atoms with Gasteiger partial charge < -0.3 is 4.90 Å². The largest absolute Gasteiger partial charge is 0.324 e. The Labute approximate surface area is 116 Å². The number of nitrogens with zero attached hydrogens (tertiary/aromatic N) is 1. The Morgan fingerprint density at radius 2 is 1.89 bits per heavy atom. The molecule has 1 aromatic carbocycles. The number of rotatable bonds is 3. The number of alkyl halides is 1.